The minimum Gasteiger partial charge on any atom is -0.490 e. The van der Waals surface area contributed by atoms with E-state index >= 15 is 0 Å². The van der Waals surface area contributed by atoms with Crippen LogP contribution in [0, 0.1) is 0 Å². The van der Waals surface area contributed by atoms with Gasteiger partial charge in [0.05, 0.1) is 6.61 Å². The molecule has 118 valence electrons. The molecule has 0 aliphatic rings. The summed E-state index contributed by atoms with van der Waals surface area (Å²) in [5.41, 5.74) is 8.04. The first-order valence-electron chi connectivity index (χ1n) is 7.06. The van der Waals surface area contributed by atoms with Gasteiger partial charge in [-0.2, -0.15) is 0 Å². The predicted molar refractivity (Wildman–Crippen MR) is 92.8 cm³/mol. The molecule has 2 aromatic rings. The molecule has 0 aliphatic heterocycles. The molecule has 0 heterocycles. The zero-order valence-electron chi connectivity index (χ0n) is 12.7. The molecule has 0 saturated heterocycles. The second-order valence-corrected chi connectivity index (χ2v) is 4.67. The van der Waals surface area contributed by atoms with Crippen LogP contribution in [0.5, 0.6) is 11.5 Å². The highest BCUT2D eigenvalue weighted by molar-refractivity contribution is 5.85. The van der Waals surface area contributed by atoms with Crippen LogP contribution >= 0.6 is 12.4 Å². The van der Waals surface area contributed by atoms with Crippen molar-refractivity contribution < 1.29 is 9.47 Å². The molecule has 3 nitrogen and oxygen atoms in total. The fraction of sp³-hybridized carbons (Fsp3) is 0.222. The van der Waals surface area contributed by atoms with Gasteiger partial charge in [-0.05, 0) is 30.2 Å². The molecule has 22 heavy (non-hydrogen) atoms. The summed E-state index contributed by atoms with van der Waals surface area (Å²) in [5.74, 6) is 1.43. The van der Waals surface area contributed by atoms with Gasteiger partial charge in [-0.1, -0.05) is 42.5 Å². The zero-order chi connectivity index (χ0) is 15.1. The molecule has 0 spiro atoms. The molecular formula is C18H22ClNO2. The van der Waals surface area contributed by atoms with Crippen LogP contribution in [-0.4, -0.2) is 6.61 Å². The van der Waals surface area contributed by atoms with E-state index in [-0.39, 0.29) is 18.4 Å². The van der Waals surface area contributed by atoms with Crippen LogP contribution in [0.4, 0.5) is 0 Å². The van der Waals surface area contributed by atoms with Crippen LogP contribution in [0.25, 0.3) is 0 Å². The van der Waals surface area contributed by atoms with Crippen molar-refractivity contribution in [2.75, 3.05) is 6.61 Å². The summed E-state index contributed by atoms with van der Waals surface area (Å²) >= 11 is 0. The van der Waals surface area contributed by atoms with E-state index in [4.69, 9.17) is 15.2 Å². The smallest absolute Gasteiger partial charge is 0.161 e. The van der Waals surface area contributed by atoms with E-state index in [9.17, 15) is 0 Å². The van der Waals surface area contributed by atoms with Crippen LogP contribution in [0.1, 0.15) is 24.1 Å². The molecule has 0 amide bonds. The summed E-state index contributed by atoms with van der Waals surface area (Å²) in [5, 5.41) is 0. The van der Waals surface area contributed by atoms with Gasteiger partial charge in [-0.15, -0.1) is 19.0 Å². The Morgan fingerprint density at radius 3 is 2.45 bits per heavy atom. The van der Waals surface area contributed by atoms with Crippen molar-refractivity contribution in [3.05, 3.63) is 72.3 Å². The van der Waals surface area contributed by atoms with E-state index in [1.54, 1.807) is 6.08 Å². The SMILES string of the molecule is C=C[C@@H](N)c1ccc(OCc2ccccc2)c(OCC)c1.Cl. The third-order valence-corrected chi connectivity index (χ3v) is 3.14. The summed E-state index contributed by atoms with van der Waals surface area (Å²) in [7, 11) is 0. The Morgan fingerprint density at radius 2 is 1.82 bits per heavy atom. The predicted octanol–water partition coefficient (Wildman–Crippen LogP) is 4.27. The summed E-state index contributed by atoms with van der Waals surface area (Å²) in [6, 6.07) is 15.6. The van der Waals surface area contributed by atoms with Gasteiger partial charge in [-0.3, -0.25) is 0 Å². The van der Waals surface area contributed by atoms with Gasteiger partial charge < -0.3 is 15.2 Å². The summed E-state index contributed by atoms with van der Waals surface area (Å²) in [6.45, 7) is 6.75. The van der Waals surface area contributed by atoms with Gasteiger partial charge in [0.25, 0.3) is 0 Å². The lowest BCUT2D eigenvalue weighted by molar-refractivity contribution is 0.269. The lowest BCUT2D eigenvalue weighted by atomic mass is 10.1. The van der Waals surface area contributed by atoms with Crippen LogP contribution in [-0.2, 0) is 6.61 Å². The highest BCUT2D eigenvalue weighted by Crippen LogP contribution is 2.31. The molecule has 0 bridgehead atoms. The van der Waals surface area contributed by atoms with Crippen LogP contribution in [0.3, 0.4) is 0 Å². The molecule has 0 saturated carbocycles. The van der Waals surface area contributed by atoms with E-state index in [2.05, 4.69) is 6.58 Å². The quantitative estimate of drug-likeness (QED) is 0.775. The third kappa shape index (κ3) is 4.79. The summed E-state index contributed by atoms with van der Waals surface area (Å²) < 4.78 is 11.5. The van der Waals surface area contributed by atoms with E-state index in [0.717, 1.165) is 16.9 Å². The monoisotopic (exact) mass is 319 g/mol. The topological polar surface area (TPSA) is 44.5 Å². The molecule has 1 atom stereocenters. The van der Waals surface area contributed by atoms with Crippen LogP contribution in [0.15, 0.2) is 61.2 Å². The first-order chi connectivity index (χ1) is 10.2. The minimum absolute atomic E-state index is 0. The molecular weight excluding hydrogens is 298 g/mol. The van der Waals surface area contributed by atoms with Gasteiger partial charge >= 0.3 is 0 Å². The highest BCUT2D eigenvalue weighted by Gasteiger charge is 2.09. The van der Waals surface area contributed by atoms with Gasteiger partial charge in [-0.25, -0.2) is 0 Å². The Bertz CT molecular complexity index is 587. The van der Waals surface area contributed by atoms with Gasteiger partial charge in [0.1, 0.15) is 6.61 Å². The Morgan fingerprint density at radius 1 is 1.09 bits per heavy atom. The van der Waals surface area contributed by atoms with E-state index in [1.165, 1.54) is 0 Å². The lowest BCUT2D eigenvalue weighted by Gasteiger charge is -2.15. The first-order valence-corrected chi connectivity index (χ1v) is 7.06. The second kappa shape index (κ2) is 9.13. The Hall–Kier alpha value is -1.97. The number of hydrogen-bond donors (Lipinski definition) is 1. The van der Waals surface area contributed by atoms with Crippen LogP contribution in [0.2, 0.25) is 0 Å². The Balaban J connectivity index is 0.00000242. The molecule has 2 aromatic carbocycles. The second-order valence-electron chi connectivity index (χ2n) is 4.67. The normalized spacial score (nSPS) is 11.2. The number of benzene rings is 2. The zero-order valence-corrected chi connectivity index (χ0v) is 13.5. The van der Waals surface area contributed by atoms with Crippen molar-refractivity contribution in [3.8, 4) is 11.5 Å². The Labute approximate surface area is 138 Å². The van der Waals surface area contributed by atoms with E-state index in [1.807, 2.05) is 55.5 Å². The summed E-state index contributed by atoms with van der Waals surface area (Å²) in [6.07, 6.45) is 1.70. The van der Waals surface area contributed by atoms with E-state index < -0.39 is 0 Å². The largest absolute Gasteiger partial charge is 0.490 e. The van der Waals surface area contributed by atoms with Crippen LogP contribution < -0.4 is 15.2 Å². The molecule has 0 unspecified atom stereocenters. The maximum absolute atomic E-state index is 5.96. The van der Waals surface area contributed by atoms with Crippen molar-refractivity contribution in [3.63, 3.8) is 0 Å². The van der Waals surface area contributed by atoms with Gasteiger partial charge in [0, 0.05) is 6.04 Å². The number of rotatable bonds is 7. The molecule has 0 aliphatic carbocycles. The summed E-state index contributed by atoms with van der Waals surface area (Å²) in [4.78, 5) is 0. The van der Waals surface area contributed by atoms with Crippen molar-refractivity contribution in [2.45, 2.75) is 19.6 Å². The first kappa shape index (κ1) is 18.1. The molecule has 0 fully saturated rings. The highest BCUT2D eigenvalue weighted by atomic mass is 35.5. The number of nitrogens with two attached hydrogens (primary N) is 1. The molecule has 0 radical (unpaired) electrons. The number of ether oxygens (including phenoxy) is 2. The standard InChI is InChI=1S/C18H21NO2.ClH/c1-3-16(19)15-10-11-17(18(12-15)20-4-2)21-13-14-8-6-5-7-9-14;/h3,5-12,16H,1,4,13,19H2,2H3;1H/t16-;/m1./s1. The van der Waals surface area contributed by atoms with Crippen molar-refractivity contribution >= 4 is 12.4 Å². The number of halogens is 1. The van der Waals surface area contributed by atoms with Crippen molar-refractivity contribution in [1.29, 1.82) is 0 Å². The maximum Gasteiger partial charge on any atom is 0.161 e. The fourth-order valence-corrected chi connectivity index (χ4v) is 1.99. The van der Waals surface area contributed by atoms with Crippen molar-refractivity contribution in [1.82, 2.24) is 0 Å². The molecule has 4 heteroatoms. The maximum atomic E-state index is 5.96. The fourth-order valence-electron chi connectivity index (χ4n) is 1.99. The minimum atomic E-state index is -0.202. The molecule has 0 aromatic heterocycles. The van der Waals surface area contributed by atoms with Gasteiger partial charge in [0.15, 0.2) is 11.5 Å². The lowest BCUT2D eigenvalue weighted by Crippen LogP contribution is -2.07. The average molecular weight is 320 g/mol. The Kier molecular flexibility index (Phi) is 7.50. The van der Waals surface area contributed by atoms with E-state index in [0.29, 0.717) is 19.0 Å². The average Bonchev–Trinajstić information content (AvgIpc) is 2.54. The molecule has 2 N–H and O–H groups in total. The number of hydrogen-bond acceptors (Lipinski definition) is 3. The van der Waals surface area contributed by atoms with Gasteiger partial charge in [0.2, 0.25) is 0 Å². The molecule has 2 rings (SSSR count). The van der Waals surface area contributed by atoms with Crippen molar-refractivity contribution in [2.24, 2.45) is 5.73 Å². The third-order valence-electron chi connectivity index (χ3n) is 3.14.